The molecule has 3 aromatic heterocycles. The van der Waals surface area contributed by atoms with Crippen LogP contribution in [0.1, 0.15) is 37.7 Å². The smallest absolute Gasteiger partial charge is 0.182 e. The van der Waals surface area contributed by atoms with Crippen LogP contribution in [0, 0.1) is 0 Å². The second kappa shape index (κ2) is 8.00. The molecule has 2 atom stereocenters. The van der Waals surface area contributed by atoms with Crippen molar-refractivity contribution in [1.29, 1.82) is 0 Å². The predicted molar refractivity (Wildman–Crippen MR) is 115 cm³/mol. The summed E-state index contributed by atoms with van der Waals surface area (Å²) in [6, 6.07) is 8.55. The van der Waals surface area contributed by atoms with Gasteiger partial charge in [0.1, 0.15) is 17.7 Å². The summed E-state index contributed by atoms with van der Waals surface area (Å²) in [6.07, 6.45) is 5.36. The van der Waals surface area contributed by atoms with E-state index >= 15 is 0 Å². The first-order chi connectivity index (χ1) is 14.7. The average Bonchev–Trinajstić information content (AvgIpc) is 3.39. The topological polar surface area (TPSA) is 108 Å². The van der Waals surface area contributed by atoms with Gasteiger partial charge in [-0.05, 0) is 38.4 Å². The first kappa shape index (κ1) is 19.0. The summed E-state index contributed by atoms with van der Waals surface area (Å²) >= 11 is 0. The summed E-state index contributed by atoms with van der Waals surface area (Å²) < 4.78 is 2.38. The number of H-pyrrole nitrogens is 1. The van der Waals surface area contributed by atoms with Gasteiger partial charge in [0.2, 0.25) is 0 Å². The number of benzene rings is 1. The predicted octanol–water partition coefficient (Wildman–Crippen LogP) is 2.50. The SMILES string of the molecule is C[C@H](Nc1ncnc2nc[nH]c12)c1nc2ccccc2n1[C@@H]1CCCN(CCO)C1. The van der Waals surface area contributed by atoms with E-state index in [0.717, 1.165) is 48.3 Å². The molecule has 5 rings (SSSR count). The zero-order valence-corrected chi connectivity index (χ0v) is 17.0. The van der Waals surface area contributed by atoms with Gasteiger partial charge in [-0.25, -0.2) is 19.9 Å². The first-order valence-electron chi connectivity index (χ1n) is 10.5. The Bertz CT molecular complexity index is 1150. The molecule has 0 spiro atoms. The van der Waals surface area contributed by atoms with Crippen LogP contribution in [-0.4, -0.2) is 65.7 Å². The van der Waals surface area contributed by atoms with Crippen LogP contribution in [0.5, 0.6) is 0 Å². The highest BCUT2D eigenvalue weighted by Gasteiger charge is 2.27. The Kier molecular flexibility index (Phi) is 5.06. The second-order valence-corrected chi connectivity index (χ2v) is 7.84. The number of nitrogens with one attached hydrogen (secondary N) is 2. The van der Waals surface area contributed by atoms with Crippen molar-refractivity contribution in [2.24, 2.45) is 0 Å². The molecule has 9 heteroatoms. The van der Waals surface area contributed by atoms with E-state index in [1.807, 2.05) is 6.07 Å². The second-order valence-electron chi connectivity index (χ2n) is 7.84. The number of aromatic nitrogens is 6. The minimum atomic E-state index is -0.0629. The van der Waals surface area contributed by atoms with Gasteiger partial charge in [-0.1, -0.05) is 12.1 Å². The van der Waals surface area contributed by atoms with Crippen molar-refractivity contribution in [2.45, 2.75) is 31.8 Å². The van der Waals surface area contributed by atoms with Crippen LogP contribution in [-0.2, 0) is 0 Å². The number of aliphatic hydroxyl groups excluding tert-OH is 1. The Balaban J connectivity index is 1.52. The van der Waals surface area contributed by atoms with Crippen molar-refractivity contribution in [3.05, 3.63) is 42.7 Å². The molecule has 3 N–H and O–H groups in total. The van der Waals surface area contributed by atoms with Gasteiger partial charge >= 0.3 is 0 Å². The molecular formula is C21H26N8O. The fourth-order valence-electron chi connectivity index (χ4n) is 4.48. The molecule has 0 aliphatic carbocycles. The van der Waals surface area contributed by atoms with Gasteiger partial charge in [0.25, 0.3) is 0 Å². The summed E-state index contributed by atoms with van der Waals surface area (Å²) in [6.45, 7) is 4.96. The maximum Gasteiger partial charge on any atom is 0.182 e. The highest BCUT2D eigenvalue weighted by atomic mass is 16.3. The summed E-state index contributed by atoms with van der Waals surface area (Å²) in [5, 5.41) is 12.9. The molecule has 4 aromatic rings. The summed E-state index contributed by atoms with van der Waals surface area (Å²) in [5.41, 5.74) is 3.57. The van der Waals surface area contributed by atoms with Gasteiger partial charge in [0.05, 0.1) is 30.0 Å². The lowest BCUT2D eigenvalue weighted by Gasteiger charge is -2.34. The van der Waals surface area contributed by atoms with Crippen LogP contribution < -0.4 is 5.32 Å². The number of piperidine rings is 1. The highest BCUT2D eigenvalue weighted by Crippen LogP contribution is 2.31. The Morgan fingerprint density at radius 1 is 1.27 bits per heavy atom. The van der Waals surface area contributed by atoms with Crippen molar-refractivity contribution in [2.75, 3.05) is 31.6 Å². The van der Waals surface area contributed by atoms with Crippen LogP contribution >= 0.6 is 0 Å². The van der Waals surface area contributed by atoms with Crippen molar-refractivity contribution in [1.82, 2.24) is 34.4 Å². The fraction of sp³-hybridized carbons (Fsp3) is 0.429. The van der Waals surface area contributed by atoms with Crippen LogP contribution in [0.15, 0.2) is 36.9 Å². The maximum atomic E-state index is 9.39. The Morgan fingerprint density at radius 3 is 3.07 bits per heavy atom. The van der Waals surface area contributed by atoms with Crippen LogP contribution in [0.25, 0.3) is 22.2 Å². The van der Waals surface area contributed by atoms with E-state index in [0.29, 0.717) is 24.1 Å². The van der Waals surface area contributed by atoms with Gasteiger partial charge in [0.15, 0.2) is 11.5 Å². The Labute approximate surface area is 174 Å². The van der Waals surface area contributed by atoms with Crippen LogP contribution in [0.2, 0.25) is 0 Å². The normalized spacial score (nSPS) is 18.8. The minimum Gasteiger partial charge on any atom is -0.395 e. The summed E-state index contributed by atoms with van der Waals surface area (Å²) in [7, 11) is 0. The molecule has 30 heavy (non-hydrogen) atoms. The molecule has 0 amide bonds. The van der Waals surface area contributed by atoms with E-state index < -0.39 is 0 Å². The average molecular weight is 406 g/mol. The van der Waals surface area contributed by atoms with E-state index in [9.17, 15) is 5.11 Å². The fourth-order valence-corrected chi connectivity index (χ4v) is 4.48. The lowest BCUT2D eigenvalue weighted by Crippen LogP contribution is -2.38. The van der Waals surface area contributed by atoms with Gasteiger partial charge in [-0.15, -0.1) is 0 Å². The van der Waals surface area contributed by atoms with Crippen molar-refractivity contribution in [3.63, 3.8) is 0 Å². The maximum absolute atomic E-state index is 9.39. The standard InChI is InChI=1S/C21H26N8O/c1-14(26-20-18-19(23-12-22-18)24-13-25-20)21-27-16-6-2-3-7-17(16)29(21)15-5-4-8-28(11-15)9-10-30/h2-3,6-7,12-15,30H,4-5,8-11H2,1H3,(H2,22,23,24,25,26)/t14-,15+/m0/s1. The number of likely N-dealkylation sites (tertiary alicyclic amines) is 1. The van der Waals surface area contributed by atoms with Gasteiger partial charge in [0, 0.05) is 19.1 Å². The number of anilines is 1. The molecule has 1 fully saturated rings. The number of imidazole rings is 2. The highest BCUT2D eigenvalue weighted by molar-refractivity contribution is 5.82. The van der Waals surface area contributed by atoms with E-state index in [1.54, 1.807) is 6.33 Å². The van der Waals surface area contributed by atoms with Crippen molar-refractivity contribution in [3.8, 4) is 0 Å². The molecule has 0 unspecified atom stereocenters. The van der Waals surface area contributed by atoms with Gasteiger partial charge in [-0.2, -0.15) is 0 Å². The monoisotopic (exact) mass is 406 g/mol. The number of para-hydroxylation sites is 2. The number of β-amino-alcohol motifs (C(OH)–C–C–N with tert-alkyl or cyclic N) is 1. The van der Waals surface area contributed by atoms with Crippen molar-refractivity contribution < 1.29 is 5.11 Å². The third kappa shape index (κ3) is 3.40. The Morgan fingerprint density at radius 2 is 2.17 bits per heavy atom. The third-order valence-corrected chi connectivity index (χ3v) is 5.85. The molecule has 0 saturated carbocycles. The molecular weight excluding hydrogens is 380 g/mol. The lowest BCUT2D eigenvalue weighted by atomic mass is 10.0. The minimum absolute atomic E-state index is 0.0629. The molecule has 1 aromatic carbocycles. The zero-order valence-electron chi connectivity index (χ0n) is 17.0. The summed E-state index contributed by atoms with van der Waals surface area (Å²) in [4.78, 5) is 23.3. The number of hydrogen-bond donors (Lipinski definition) is 3. The van der Waals surface area contributed by atoms with Crippen LogP contribution in [0.3, 0.4) is 0 Å². The number of rotatable bonds is 6. The van der Waals surface area contributed by atoms with E-state index in [2.05, 4.69) is 59.8 Å². The number of aromatic amines is 1. The Hall–Kier alpha value is -3.04. The molecule has 4 heterocycles. The largest absolute Gasteiger partial charge is 0.395 e. The van der Waals surface area contributed by atoms with Crippen LogP contribution in [0.4, 0.5) is 5.82 Å². The summed E-state index contributed by atoms with van der Waals surface area (Å²) in [5.74, 6) is 1.70. The molecule has 156 valence electrons. The van der Waals surface area contributed by atoms with E-state index in [-0.39, 0.29) is 12.6 Å². The molecule has 9 nitrogen and oxygen atoms in total. The van der Waals surface area contributed by atoms with Gasteiger partial charge in [-0.3, -0.25) is 4.90 Å². The van der Waals surface area contributed by atoms with Gasteiger partial charge < -0.3 is 20.0 Å². The molecule has 0 bridgehead atoms. The van der Waals surface area contributed by atoms with E-state index in [1.165, 1.54) is 6.33 Å². The zero-order chi connectivity index (χ0) is 20.5. The lowest BCUT2D eigenvalue weighted by molar-refractivity contribution is 0.142. The molecule has 1 saturated heterocycles. The molecule has 1 aliphatic rings. The number of aliphatic hydroxyl groups is 1. The quantitative estimate of drug-likeness (QED) is 0.451. The third-order valence-electron chi connectivity index (χ3n) is 5.85. The number of nitrogens with zero attached hydrogens (tertiary/aromatic N) is 6. The number of hydrogen-bond acceptors (Lipinski definition) is 7. The first-order valence-corrected chi connectivity index (χ1v) is 10.5. The van der Waals surface area contributed by atoms with E-state index in [4.69, 9.17) is 4.98 Å². The number of fused-ring (bicyclic) bond motifs is 2. The van der Waals surface area contributed by atoms with Crippen molar-refractivity contribution >= 4 is 28.0 Å². The molecule has 0 radical (unpaired) electrons. The molecule has 1 aliphatic heterocycles.